The van der Waals surface area contributed by atoms with Crippen molar-refractivity contribution in [2.24, 2.45) is 0 Å². The maximum atomic E-state index is 13.8. The van der Waals surface area contributed by atoms with Gasteiger partial charge >= 0.3 is 19.7 Å². The van der Waals surface area contributed by atoms with Gasteiger partial charge in [0.2, 0.25) is 0 Å². The molecule has 0 radical (unpaired) electrons. The predicted octanol–water partition coefficient (Wildman–Crippen LogP) is 5.69. The van der Waals surface area contributed by atoms with Crippen molar-refractivity contribution in [1.82, 2.24) is 0 Å². The normalized spacial score (nSPS) is 14.6. The van der Waals surface area contributed by atoms with Crippen LogP contribution in [0.1, 0.15) is 43.2 Å². The van der Waals surface area contributed by atoms with Crippen LogP contribution in [0.5, 0.6) is 5.75 Å². The van der Waals surface area contributed by atoms with E-state index in [4.69, 9.17) is 13.8 Å². The zero-order valence-corrected chi connectivity index (χ0v) is 21.6. The fraction of sp³-hybridized carbons (Fsp3) is 0.458. The molecule has 2 rings (SSSR count). The van der Waals surface area contributed by atoms with Crippen molar-refractivity contribution in [2.45, 2.75) is 45.3 Å². The Morgan fingerprint density at radius 3 is 2.06 bits per heavy atom. The molecule has 2 aromatic rings. The van der Waals surface area contributed by atoms with Crippen molar-refractivity contribution < 1.29 is 46.2 Å². The molecule has 0 fully saturated rings. The van der Waals surface area contributed by atoms with E-state index in [9.17, 15) is 27.6 Å². The van der Waals surface area contributed by atoms with Crippen molar-refractivity contribution in [3.63, 3.8) is 0 Å². The summed E-state index contributed by atoms with van der Waals surface area (Å²) >= 11 is 0. The molecule has 0 aromatic heterocycles. The molecule has 0 spiro atoms. The van der Waals surface area contributed by atoms with E-state index in [1.54, 1.807) is 38.1 Å². The molecule has 0 saturated carbocycles. The van der Waals surface area contributed by atoms with E-state index in [1.807, 2.05) is 0 Å². The highest BCUT2D eigenvalue weighted by Gasteiger charge is 2.62. The van der Waals surface area contributed by atoms with Gasteiger partial charge in [0.15, 0.2) is 5.78 Å². The van der Waals surface area contributed by atoms with Crippen LogP contribution in [0.4, 0.5) is 18.9 Å². The molecule has 0 saturated heterocycles. The topological polar surface area (TPSA) is 103 Å². The number of aliphatic hydroxyl groups is 1. The van der Waals surface area contributed by atoms with Gasteiger partial charge in [-0.05, 0) is 57.0 Å². The summed E-state index contributed by atoms with van der Waals surface area (Å²) in [6.07, 6.45) is -5.33. The third-order valence-electron chi connectivity index (χ3n) is 5.28. The Labute approximate surface area is 208 Å². The molecule has 0 amide bonds. The van der Waals surface area contributed by atoms with Crippen LogP contribution in [0.2, 0.25) is 0 Å². The molecule has 36 heavy (non-hydrogen) atoms. The number of hydrogen-bond donors (Lipinski definition) is 2. The maximum Gasteiger partial charge on any atom is 0.432 e. The molecule has 2 aromatic carbocycles. The average Bonchev–Trinajstić information content (AvgIpc) is 2.82. The first-order chi connectivity index (χ1) is 16.9. The Hall–Kier alpha value is -2.59. The number of hydrogen-bond acceptors (Lipinski definition) is 8. The lowest BCUT2D eigenvalue weighted by Gasteiger charge is -2.30. The van der Waals surface area contributed by atoms with Gasteiger partial charge in [0.1, 0.15) is 5.75 Å². The van der Waals surface area contributed by atoms with Crippen LogP contribution in [-0.4, -0.2) is 44.2 Å². The second-order valence-corrected chi connectivity index (χ2v) is 9.77. The third kappa shape index (κ3) is 6.21. The van der Waals surface area contributed by atoms with E-state index in [-0.39, 0.29) is 31.1 Å². The van der Waals surface area contributed by atoms with Crippen molar-refractivity contribution in [1.29, 1.82) is 0 Å². The van der Waals surface area contributed by atoms with Gasteiger partial charge in [-0.15, -0.1) is 0 Å². The molecule has 0 aliphatic carbocycles. The second kappa shape index (κ2) is 12.1. The minimum Gasteiger partial charge on any atom is -0.497 e. The number of nitrogens with one attached hydrogen (secondary N) is 1. The maximum absolute atomic E-state index is 13.8. The fourth-order valence-corrected chi connectivity index (χ4v) is 5.44. The number of esters is 1. The summed E-state index contributed by atoms with van der Waals surface area (Å²) in [6.45, 7) is 5.95. The molecule has 0 heterocycles. The number of aryl methyl sites for hydroxylation is 1. The summed E-state index contributed by atoms with van der Waals surface area (Å²) in [7, 11) is -2.31. The molecule has 0 aliphatic heterocycles. The number of carbonyl (C=O) groups excluding carboxylic acids is 1. The first kappa shape index (κ1) is 29.6. The molecular weight excluding hydrogens is 502 g/mol. The number of halogens is 3. The van der Waals surface area contributed by atoms with Gasteiger partial charge in [0.05, 0.1) is 26.9 Å². The zero-order chi connectivity index (χ0) is 27.1. The van der Waals surface area contributed by atoms with Crippen LogP contribution < -0.4 is 10.1 Å². The van der Waals surface area contributed by atoms with Crippen LogP contribution in [0, 0.1) is 6.92 Å². The number of rotatable bonds is 12. The third-order valence-corrected chi connectivity index (χ3v) is 7.58. The van der Waals surface area contributed by atoms with Gasteiger partial charge in [-0.1, -0.05) is 24.3 Å². The van der Waals surface area contributed by atoms with Crippen LogP contribution in [0.25, 0.3) is 0 Å². The first-order valence-corrected chi connectivity index (χ1v) is 12.9. The summed E-state index contributed by atoms with van der Waals surface area (Å²) in [4.78, 5) is 12.1. The number of alkyl halides is 3. The zero-order valence-electron chi connectivity index (χ0n) is 20.7. The SMILES string of the molecule is CCOC(=O)[C@](O)(c1ccc(N[C@H](c2ccc(OC)cc2)P(=O)(OCC)OCC)c(C)c1)C(F)(F)F. The van der Waals surface area contributed by atoms with Crippen molar-refractivity contribution in [3.8, 4) is 5.75 Å². The monoisotopic (exact) mass is 533 g/mol. The minimum atomic E-state index is -5.33. The Balaban J connectivity index is 2.57. The largest absolute Gasteiger partial charge is 0.497 e. The van der Waals surface area contributed by atoms with Crippen LogP contribution >= 0.6 is 7.60 Å². The van der Waals surface area contributed by atoms with E-state index in [1.165, 1.54) is 27.0 Å². The van der Waals surface area contributed by atoms with Crippen LogP contribution in [0.15, 0.2) is 42.5 Å². The lowest BCUT2D eigenvalue weighted by molar-refractivity contribution is -0.267. The van der Waals surface area contributed by atoms with Crippen molar-refractivity contribution >= 4 is 19.3 Å². The van der Waals surface area contributed by atoms with E-state index in [2.05, 4.69) is 10.1 Å². The van der Waals surface area contributed by atoms with Gasteiger partial charge < -0.3 is 28.9 Å². The summed E-state index contributed by atoms with van der Waals surface area (Å²) < 4.78 is 75.7. The number of benzene rings is 2. The van der Waals surface area contributed by atoms with Crippen LogP contribution in [-0.2, 0) is 28.7 Å². The molecular formula is C24H31F3NO7P. The van der Waals surface area contributed by atoms with Gasteiger partial charge in [-0.2, -0.15) is 13.2 Å². The highest BCUT2D eigenvalue weighted by Crippen LogP contribution is 2.61. The average molecular weight is 533 g/mol. The molecule has 0 aliphatic rings. The van der Waals surface area contributed by atoms with E-state index in [0.29, 0.717) is 11.3 Å². The number of carbonyl (C=O) groups is 1. The van der Waals surface area contributed by atoms with Gasteiger partial charge in [0.25, 0.3) is 5.60 Å². The van der Waals surface area contributed by atoms with E-state index < -0.39 is 36.7 Å². The minimum absolute atomic E-state index is 0.0850. The standard InChI is InChI=1S/C24H31F3NO7P/c1-6-33-22(29)23(30,24(25,26)27)18-11-14-20(16(4)15-18)28-21(36(31,34-7-2)35-8-3)17-9-12-19(32-5)13-10-17/h9-15,21,28,30H,6-8H2,1-5H3/t21-,23+/m0/s1. The highest BCUT2D eigenvalue weighted by atomic mass is 31.2. The van der Waals surface area contributed by atoms with Gasteiger partial charge in [0, 0.05) is 11.3 Å². The summed E-state index contributed by atoms with van der Waals surface area (Å²) in [5, 5.41) is 13.4. The Morgan fingerprint density at radius 1 is 1.03 bits per heavy atom. The molecule has 2 N–H and O–H groups in total. The summed E-state index contributed by atoms with van der Waals surface area (Å²) in [5.74, 6) is -2.29. The van der Waals surface area contributed by atoms with E-state index >= 15 is 0 Å². The molecule has 8 nitrogen and oxygen atoms in total. The van der Waals surface area contributed by atoms with Crippen molar-refractivity contribution in [3.05, 3.63) is 59.2 Å². The molecule has 0 unspecified atom stereocenters. The highest BCUT2D eigenvalue weighted by molar-refractivity contribution is 7.54. The molecule has 200 valence electrons. The van der Waals surface area contributed by atoms with E-state index in [0.717, 1.165) is 12.1 Å². The second-order valence-electron chi connectivity index (χ2n) is 7.65. The number of ether oxygens (including phenoxy) is 2. The summed E-state index contributed by atoms with van der Waals surface area (Å²) in [5.41, 5.74) is -3.53. The quantitative estimate of drug-likeness (QED) is 0.265. The Bertz CT molecular complexity index is 1070. The molecule has 2 atom stereocenters. The van der Waals surface area contributed by atoms with Gasteiger partial charge in [-0.25, -0.2) is 4.79 Å². The van der Waals surface area contributed by atoms with Gasteiger partial charge in [-0.3, -0.25) is 4.57 Å². The summed E-state index contributed by atoms with van der Waals surface area (Å²) in [6, 6.07) is 9.86. The van der Waals surface area contributed by atoms with Crippen molar-refractivity contribution in [2.75, 3.05) is 32.2 Å². The smallest absolute Gasteiger partial charge is 0.432 e. The number of methoxy groups -OCH3 is 1. The van der Waals surface area contributed by atoms with Crippen LogP contribution in [0.3, 0.4) is 0 Å². The molecule has 0 bridgehead atoms. The Kier molecular flexibility index (Phi) is 9.96. The first-order valence-electron chi connectivity index (χ1n) is 11.2. The molecule has 12 heteroatoms. The fourth-order valence-electron chi connectivity index (χ4n) is 3.51. The lowest BCUT2D eigenvalue weighted by atomic mass is 9.91. The number of anilines is 1. The predicted molar refractivity (Wildman–Crippen MR) is 128 cm³/mol. The Morgan fingerprint density at radius 2 is 1.61 bits per heavy atom. The lowest BCUT2D eigenvalue weighted by Crippen LogP contribution is -2.50.